The van der Waals surface area contributed by atoms with Crippen molar-refractivity contribution >= 4 is 6.47 Å². The van der Waals surface area contributed by atoms with Crippen LogP contribution in [0.4, 0.5) is 0 Å². The first-order valence-corrected chi connectivity index (χ1v) is 3.53. The lowest BCUT2D eigenvalue weighted by atomic mass is 10.2. The summed E-state index contributed by atoms with van der Waals surface area (Å²) in [6.07, 6.45) is 2.56. The molecule has 0 radical (unpaired) electrons. The molecule has 3 heteroatoms. The molecule has 1 aliphatic rings. The van der Waals surface area contributed by atoms with Crippen LogP contribution in [0.2, 0.25) is 0 Å². The lowest BCUT2D eigenvalue weighted by Gasteiger charge is -2.08. The molecule has 0 bridgehead atoms. The topological polar surface area (TPSA) is 35.5 Å². The standard InChI is InChI=1S/C7H12O3/c1-6-2-3-7(10-6)4-9-5-8/h5-7H,2-4H2,1H3. The molecule has 0 aromatic carbocycles. The second-order valence-corrected chi connectivity index (χ2v) is 2.58. The van der Waals surface area contributed by atoms with E-state index < -0.39 is 0 Å². The minimum absolute atomic E-state index is 0.139. The third-order valence-electron chi connectivity index (χ3n) is 1.67. The van der Waals surface area contributed by atoms with Gasteiger partial charge in [0, 0.05) is 0 Å². The molecule has 0 aliphatic carbocycles. The largest absolute Gasteiger partial charge is 0.465 e. The Morgan fingerprint density at radius 2 is 2.50 bits per heavy atom. The molecular formula is C7H12O3. The van der Waals surface area contributed by atoms with Crippen molar-refractivity contribution in [3.05, 3.63) is 0 Å². The Balaban J connectivity index is 2.12. The molecular weight excluding hydrogens is 132 g/mol. The molecule has 2 unspecified atom stereocenters. The van der Waals surface area contributed by atoms with Crippen LogP contribution < -0.4 is 0 Å². The van der Waals surface area contributed by atoms with E-state index in [2.05, 4.69) is 4.74 Å². The van der Waals surface area contributed by atoms with Gasteiger partial charge in [-0.1, -0.05) is 0 Å². The van der Waals surface area contributed by atoms with Crippen molar-refractivity contribution in [2.75, 3.05) is 6.61 Å². The maximum atomic E-state index is 9.77. The fourth-order valence-electron chi connectivity index (χ4n) is 1.15. The van der Waals surface area contributed by atoms with E-state index in [1.165, 1.54) is 0 Å². The highest BCUT2D eigenvalue weighted by Gasteiger charge is 2.21. The molecule has 0 spiro atoms. The van der Waals surface area contributed by atoms with Crippen molar-refractivity contribution < 1.29 is 14.3 Å². The van der Waals surface area contributed by atoms with Gasteiger partial charge in [0.1, 0.15) is 6.61 Å². The van der Waals surface area contributed by atoms with Gasteiger partial charge in [0.15, 0.2) is 0 Å². The average Bonchev–Trinajstić information content (AvgIpc) is 2.31. The maximum Gasteiger partial charge on any atom is 0.293 e. The molecule has 1 heterocycles. The van der Waals surface area contributed by atoms with E-state index in [0.717, 1.165) is 12.8 Å². The van der Waals surface area contributed by atoms with Crippen LogP contribution in [0.3, 0.4) is 0 Å². The molecule has 3 nitrogen and oxygen atoms in total. The van der Waals surface area contributed by atoms with Gasteiger partial charge in [-0.2, -0.15) is 0 Å². The van der Waals surface area contributed by atoms with Crippen molar-refractivity contribution in [1.29, 1.82) is 0 Å². The van der Waals surface area contributed by atoms with Crippen molar-refractivity contribution in [3.8, 4) is 0 Å². The monoisotopic (exact) mass is 144 g/mol. The van der Waals surface area contributed by atoms with Gasteiger partial charge in [-0.05, 0) is 19.8 Å². The van der Waals surface area contributed by atoms with Crippen LogP contribution in [0.1, 0.15) is 19.8 Å². The fraction of sp³-hybridized carbons (Fsp3) is 0.857. The van der Waals surface area contributed by atoms with Crippen LogP contribution in [-0.4, -0.2) is 25.3 Å². The molecule has 1 fully saturated rings. The zero-order valence-corrected chi connectivity index (χ0v) is 6.08. The molecule has 10 heavy (non-hydrogen) atoms. The number of carbonyl (C=O) groups excluding carboxylic acids is 1. The minimum Gasteiger partial charge on any atom is -0.465 e. The van der Waals surface area contributed by atoms with Crippen molar-refractivity contribution in [3.63, 3.8) is 0 Å². The zero-order valence-electron chi connectivity index (χ0n) is 6.08. The van der Waals surface area contributed by atoms with Crippen LogP contribution in [0, 0.1) is 0 Å². The van der Waals surface area contributed by atoms with Gasteiger partial charge >= 0.3 is 0 Å². The van der Waals surface area contributed by atoms with Gasteiger partial charge in [-0.15, -0.1) is 0 Å². The lowest BCUT2D eigenvalue weighted by molar-refractivity contribution is -0.132. The van der Waals surface area contributed by atoms with E-state index in [4.69, 9.17) is 4.74 Å². The zero-order chi connectivity index (χ0) is 7.40. The van der Waals surface area contributed by atoms with E-state index in [1.807, 2.05) is 6.92 Å². The lowest BCUT2D eigenvalue weighted by Crippen LogP contribution is -2.15. The Bertz CT molecular complexity index is 113. The number of hydrogen-bond acceptors (Lipinski definition) is 3. The first kappa shape index (κ1) is 7.54. The van der Waals surface area contributed by atoms with E-state index in [-0.39, 0.29) is 6.10 Å². The Hall–Kier alpha value is -0.570. The third-order valence-corrected chi connectivity index (χ3v) is 1.67. The third kappa shape index (κ3) is 1.99. The Kier molecular flexibility index (Phi) is 2.68. The van der Waals surface area contributed by atoms with Crippen LogP contribution in [0.15, 0.2) is 0 Å². The number of rotatable bonds is 3. The normalized spacial score (nSPS) is 32.1. The van der Waals surface area contributed by atoms with Gasteiger partial charge in [0.05, 0.1) is 12.2 Å². The average molecular weight is 144 g/mol. The SMILES string of the molecule is CC1CCC(COC=O)O1. The van der Waals surface area contributed by atoms with E-state index >= 15 is 0 Å². The Morgan fingerprint density at radius 3 is 3.00 bits per heavy atom. The number of carbonyl (C=O) groups is 1. The summed E-state index contributed by atoms with van der Waals surface area (Å²) in [4.78, 5) is 9.77. The Labute approximate surface area is 60.3 Å². The molecule has 0 amide bonds. The van der Waals surface area contributed by atoms with Crippen molar-refractivity contribution in [2.24, 2.45) is 0 Å². The van der Waals surface area contributed by atoms with Crippen molar-refractivity contribution in [1.82, 2.24) is 0 Å². The summed E-state index contributed by atoms with van der Waals surface area (Å²) in [5.74, 6) is 0. The second-order valence-electron chi connectivity index (χ2n) is 2.58. The first-order chi connectivity index (χ1) is 4.83. The molecule has 0 aromatic rings. The highest BCUT2D eigenvalue weighted by atomic mass is 16.6. The highest BCUT2D eigenvalue weighted by Crippen LogP contribution is 2.18. The maximum absolute atomic E-state index is 9.77. The van der Waals surface area contributed by atoms with Crippen LogP contribution in [-0.2, 0) is 14.3 Å². The highest BCUT2D eigenvalue weighted by molar-refractivity contribution is 5.36. The summed E-state index contributed by atoms with van der Waals surface area (Å²) >= 11 is 0. The summed E-state index contributed by atoms with van der Waals surface area (Å²) < 4.78 is 9.94. The Morgan fingerprint density at radius 1 is 1.70 bits per heavy atom. The molecule has 0 saturated carbocycles. The second kappa shape index (κ2) is 3.56. The van der Waals surface area contributed by atoms with E-state index in [1.54, 1.807) is 0 Å². The molecule has 1 aliphatic heterocycles. The molecule has 58 valence electrons. The van der Waals surface area contributed by atoms with Gasteiger partial charge in [0.25, 0.3) is 6.47 Å². The van der Waals surface area contributed by atoms with Gasteiger partial charge in [0.2, 0.25) is 0 Å². The van der Waals surface area contributed by atoms with Gasteiger partial charge in [-0.25, -0.2) is 0 Å². The summed E-state index contributed by atoms with van der Waals surface area (Å²) in [5.41, 5.74) is 0. The summed E-state index contributed by atoms with van der Waals surface area (Å²) in [6, 6.07) is 0. The molecule has 0 N–H and O–H groups in total. The van der Waals surface area contributed by atoms with Gasteiger partial charge in [-0.3, -0.25) is 4.79 Å². The summed E-state index contributed by atoms with van der Waals surface area (Å²) in [6.45, 7) is 2.90. The van der Waals surface area contributed by atoms with Crippen LogP contribution in [0.25, 0.3) is 0 Å². The quantitative estimate of drug-likeness (QED) is 0.548. The summed E-state index contributed by atoms with van der Waals surface area (Å²) in [5, 5.41) is 0. The first-order valence-electron chi connectivity index (χ1n) is 3.53. The summed E-state index contributed by atoms with van der Waals surface area (Å²) in [7, 11) is 0. The predicted octanol–water partition coefficient (Wildman–Crippen LogP) is 0.727. The van der Waals surface area contributed by atoms with Crippen LogP contribution >= 0.6 is 0 Å². The van der Waals surface area contributed by atoms with E-state index in [0.29, 0.717) is 19.2 Å². The molecule has 1 saturated heterocycles. The smallest absolute Gasteiger partial charge is 0.293 e. The number of hydrogen-bond donors (Lipinski definition) is 0. The van der Waals surface area contributed by atoms with E-state index in [9.17, 15) is 4.79 Å². The molecule has 2 atom stereocenters. The molecule has 1 rings (SSSR count). The van der Waals surface area contributed by atoms with Crippen LogP contribution in [0.5, 0.6) is 0 Å². The van der Waals surface area contributed by atoms with Crippen molar-refractivity contribution in [2.45, 2.75) is 32.0 Å². The minimum atomic E-state index is 0.139. The van der Waals surface area contributed by atoms with Gasteiger partial charge < -0.3 is 9.47 Å². The predicted molar refractivity (Wildman–Crippen MR) is 35.6 cm³/mol. The fourth-order valence-corrected chi connectivity index (χ4v) is 1.15. The molecule has 0 aromatic heterocycles. The number of ether oxygens (including phenoxy) is 2.